The minimum Gasteiger partial charge on any atom is -0.622 e. The summed E-state index contributed by atoms with van der Waals surface area (Å²) in [7, 11) is -3.57. The Morgan fingerprint density at radius 1 is 0.556 bits per heavy atom. The Bertz CT molecular complexity index is 2470. The van der Waals surface area contributed by atoms with Crippen LogP contribution in [-0.2, 0) is 9.84 Å². The molecule has 3 unspecified atom stereocenters. The van der Waals surface area contributed by atoms with Crippen molar-refractivity contribution < 1.29 is 8.42 Å². The van der Waals surface area contributed by atoms with Crippen LogP contribution >= 0.6 is 0 Å². The van der Waals surface area contributed by atoms with E-state index in [-0.39, 0.29) is 21.8 Å². The maximum absolute atomic E-state index is 15.4. The molecule has 2 aliphatic rings. The Morgan fingerprint density at radius 2 is 1.04 bits per heavy atom. The molecule has 7 aromatic carbocycles. The maximum Gasteiger partial charge on any atom is 0.206 e. The standard InChI is InChI=1S/C47H39N3O3S/c51-50(46-29-24-40(32-44(46)45-33-48-31-30-47(45)50)49(38-10-4-1-5-11-38)39-12-6-2-7-13-39)41-25-20-36(21-26-41)34-16-18-35(19-17-34)37-22-27-43(28-23-37)54(52,53)42-14-8-3-9-15-42/h1-29,32,45,47-48H,30-31,33H2. The lowest BCUT2D eigenvalue weighted by molar-refractivity contribution is 0.291. The summed E-state index contributed by atoms with van der Waals surface area (Å²) >= 11 is 0. The summed E-state index contributed by atoms with van der Waals surface area (Å²) in [4.78, 5) is 2.81. The number of piperidine rings is 1. The first-order chi connectivity index (χ1) is 26.4. The van der Waals surface area contributed by atoms with Crippen molar-refractivity contribution in [2.45, 2.75) is 28.2 Å². The van der Waals surface area contributed by atoms with Gasteiger partial charge in [-0.05, 0) is 95.1 Å². The predicted octanol–water partition coefficient (Wildman–Crippen LogP) is 10.9. The topological polar surface area (TPSA) is 72.5 Å². The molecule has 2 aliphatic heterocycles. The van der Waals surface area contributed by atoms with Gasteiger partial charge >= 0.3 is 0 Å². The molecular formula is C47H39N3O3S. The predicted molar refractivity (Wildman–Crippen MR) is 219 cm³/mol. The molecule has 0 spiro atoms. The average molecular weight is 726 g/mol. The first kappa shape index (κ1) is 34.0. The number of hydroxylamine groups is 1. The second kappa shape index (κ2) is 13.9. The van der Waals surface area contributed by atoms with Crippen LogP contribution in [0.25, 0.3) is 22.3 Å². The number of hydrogen-bond acceptors (Lipinski definition) is 5. The Kier molecular flexibility index (Phi) is 8.72. The molecule has 2 heterocycles. The first-order valence-electron chi connectivity index (χ1n) is 18.4. The summed E-state index contributed by atoms with van der Waals surface area (Å²) in [5.74, 6) is 0.0966. The van der Waals surface area contributed by atoms with Gasteiger partial charge in [0.1, 0.15) is 17.4 Å². The SMILES string of the molecule is O=S(=O)(c1ccccc1)c1ccc(-c2ccc(-c3ccc([N+]4([O-])c5ccc(N(c6ccccc6)c6ccccc6)cc5C5CNCCC54)cc3)cc2)cc1. The number of hydrogen-bond donors (Lipinski definition) is 1. The zero-order valence-corrected chi connectivity index (χ0v) is 30.4. The van der Waals surface area contributed by atoms with Crippen molar-refractivity contribution in [3.63, 3.8) is 0 Å². The summed E-state index contributed by atoms with van der Waals surface area (Å²) in [5.41, 5.74) is 9.84. The summed E-state index contributed by atoms with van der Waals surface area (Å²) in [6.45, 7) is 1.59. The lowest BCUT2D eigenvalue weighted by Gasteiger charge is -2.46. The zero-order valence-electron chi connectivity index (χ0n) is 29.6. The van der Waals surface area contributed by atoms with Crippen LogP contribution in [0.5, 0.6) is 0 Å². The molecule has 0 saturated carbocycles. The molecule has 0 amide bonds. The van der Waals surface area contributed by atoms with Crippen LogP contribution < -0.4 is 14.9 Å². The molecule has 1 N–H and O–H groups in total. The number of nitrogens with one attached hydrogen (secondary N) is 1. The van der Waals surface area contributed by atoms with Crippen molar-refractivity contribution in [3.05, 3.63) is 193 Å². The third-order valence-electron chi connectivity index (χ3n) is 11.0. The highest BCUT2D eigenvalue weighted by Gasteiger charge is 2.50. The number of rotatable bonds is 8. The normalized spacial score (nSPS) is 19.1. The van der Waals surface area contributed by atoms with Gasteiger partial charge in [0, 0.05) is 60.3 Å². The van der Waals surface area contributed by atoms with E-state index in [0.717, 1.165) is 75.8 Å². The van der Waals surface area contributed by atoms with Gasteiger partial charge in [-0.2, -0.15) is 0 Å². The lowest BCUT2D eigenvalue weighted by atomic mass is 9.89. The van der Waals surface area contributed by atoms with E-state index in [1.807, 2.05) is 48.5 Å². The van der Waals surface area contributed by atoms with Crippen molar-refractivity contribution in [1.82, 2.24) is 9.96 Å². The van der Waals surface area contributed by atoms with E-state index in [1.54, 1.807) is 42.5 Å². The molecule has 6 nitrogen and oxygen atoms in total. The van der Waals surface area contributed by atoms with Crippen LogP contribution in [0.2, 0.25) is 0 Å². The summed E-state index contributed by atoms with van der Waals surface area (Å²) in [6, 6.07) is 58.9. The van der Waals surface area contributed by atoms with E-state index in [2.05, 4.69) is 101 Å². The van der Waals surface area contributed by atoms with Gasteiger partial charge in [0.15, 0.2) is 0 Å². The highest BCUT2D eigenvalue weighted by molar-refractivity contribution is 7.91. The van der Waals surface area contributed by atoms with E-state index < -0.39 is 14.5 Å². The van der Waals surface area contributed by atoms with Crippen LogP contribution in [-0.4, -0.2) is 27.5 Å². The van der Waals surface area contributed by atoms with E-state index >= 15 is 5.21 Å². The molecule has 7 heteroatoms. The number of fused-ring (bicyclic) bond motifs is 3. The molecule has 9 rings (SSSR count). The van der Waals surface area contributed by atoms with Crippen LogP contribution in [0.4, 0.5) is 28.4 Å². The smallest absolute Gasteiger partial charge is 0.206 e. The minimum absolute atomic E-state index is 0.0966. The molecule has 3 atom stereocenters. The highest BCUT2D eigenvalue weighted by atomic mass is 32.2. The molecule has 0 radical (unpaired) electrons. The molecule has 0 aliphatic carbocycles. The zero-order chi connectivity index (χ0) is 36.7. The number of anilines is 3. The van der Waals surface area contributed by atoms with Gasteiger partial charge in [-0.3, -0.25) is 4.65 Å². The lowest BCUT2D eigenvalue weighted by Crippen LogP contribution is -2.51. The second-order valence-corrected chi connectivity index (χ2v) is 16.0. The van der Waals surface area contributed by atoms with E-state index in [9.17, 15) is 8.42 Å². The van der Waals surface area contributed by atoms with E-state index in [1.165, 1.54) is 0 Å². The number of sulfone groups is 1. The number of para-hydroxylation sites is 2. The van der Waals surface area contributed by atoms with Gasteiger partial charge in [0.25, 0.3) is 0 Å². The van der Waals surface area contributed by atoms with Crippen LogP contribution in [0.1, 0.15) is 17.9 Å². The fourth-order valence-electron chi connectivity index (χ4n) is 8.28. The Hall–Kier alpha value is -5.83. The van der Waals surface area contributed by atoms with Crippen LogP contribution in [0.15, 0.2) is 192 Å². The number of benzene rings is 7. The molecule has 0 bridgehead atoms. The van der Waals surface area contributed by atoms with Crippen LogP contribution in [0, 0.1) is 5.21 Å². The van der Waals surface area contributed by atoms with Gasteiger partial charge in [-0.1, -0.05) is 91.0 Å². The third-order valence-corrected chi connectivity index (χ3v) is 12.8. The third kappa shape index (κ3) is 5.92. The van der Waals surface area contributed by atoms with Gasteiger partial charge in [-0.25, -0.2) is 8.42 Å². The monoisotopic (exact) mass is 725 g/mol. The van der Waals surface area contributed by atoms with Crippen molar-refractivity contribution >= 4 is 38.3 Å². The van der Waals surface area contributed by atoms with Crippen molar-refractivity contribution in [3.8, 4) is 22.3 Å². The Labute approximate surface area is 316 Å². The summed E-state index contributed by atoms with van der Waals surface area (Å²) in [5, 5.41) is 19.0. The quantitative estimate of drug-likeness (QED) is 0.125. The van der Waals surface area contributed by atoms with Gasteiger partial charge in [0.2, 0.25) is 9.84 Å². The fourth-order valence-corrected chi connectivity index (χ4v) is 9.56. The first-order valence-corrected chi connectivity index (χ1v) is 19.9. The Balaban J connectivity index is 0.997. The van der Waals surface area contributed by atoms with Crippen molar-refractivity contribution in [2.75, 3.05) is 18.0 Å². The van der Waals surface area contributed by atoms with Gasteiger partial charge < -0.3 is 15.4 Å². The average Bonchev–Trinajstić information content (AvgIpc) is 3.50. The summed E-state index contributed by atoms with van der Waals surface area (Å²) in [6.07, 6.45) is 0.793. The molecule has 0 aromatic heterocycles. The largest absolute Gasteiger partial charge is 0.622 e. The van der Waals surface area contributed by atoms with E-state index in [0.29, 0.717) is 0 Å². The van der Waals surface area contributed by atoms with E-state index in [4.69, 9.17) is 0 Å². The molecule has 266 valence electrons. The van der Waals surface area contributed by atoms with Gasteiger partial charge in [-0.15, -0.1) is 0 Å². The fraction of sp³-hybridized carbons (Fsp3) is 0.106. The Morgan fingerprint density at radius 3 is 1.59 bits per heavy atom. The van der Waals surface area contributed by atoms with Crippen LogP contribution in [0.3, 0.4) is 0 Å². The molecule has 1 fully saturated rings. The van der Waals surface area contributed by atoms with Crippen molar-refractivity contribution in [2.24, 2.45) is 0 Å². The molecule has 1 saturated heterocycles. The second-order valence-electron chi connectivity index (χ2n) is 14.0. The molecule has 7 aromatic rings. The van der Waals surface area contributed by atoms with Gasteiger partial charge in [0.05, 0.1) is 15.7 Å². The number of nitrogens with zero attached hydrogens (tertiary/aromatic N) is 2. The number of quaternary nitrogens is 1. The highest BCUT2D eigenvalue weighted by Crippen LogP contribution is 2.54. The summed E-state index contributed by atoms with van der Waals surface area (Å²) < 4.78 is 25.6. The minimum atomic E-state index is -3.57. The molecule has 54 heavy (non-hydrogen) atoms. The maximum atomic E-state index is 15.4. The van der Waals surface area contributed by atoms with Crippen molar-refractivity contribution in [1.29, 1.82) is 0 Å². The molecular weight excluding hydrogens is 687 g/mol.